The van der Waals surface area contributed by atoms with Crippen LogP contribution in [0.25, 0.3) is 11.0 Å². The lowest BCUT2D eigenvalue weighted by Crippen LogP contribution is -2.42. The number of aromatic nitrogens is 2. The molecule has 0 radical (unpaired) electrons. The van der Waals surface area contributed by atoms with Crippen LogP contribution in [0.2, 0.25) is 0 Å². The summed E-state index contributed by atoms with van der Waals surface area (Å²) in [6, 6.07) is 8.71. The molecule has 2 aromatic rings. The minimum absolute atomic E-state index is 0.347. The molecule has 1 heterocycles. The fraction of sp³-hybridized carbons (Fsp3) is 0.562. The molecule has 1 aromatic carbocycles. The van der Waals surface area contributed by atoms with Crippen LogP contribution >= 0.6 is 0 Å². The summed E-state index contributed by atoms with van der Waals surface area (Å²) < 4.78 is 2.31. The van der Waals surface area contributed by atoms with Gasteiger partial charge in [-0.25, -0.2) is 4.98 Å². The van der Waals surface area contributed by atoms with Crippen LogP contribution in [-0.2, 0) is 13.0 Å². The van der Waals surface area contributed by atoms with Gasteiger partial charge in [-0.05, 0) is 37.8 Å². The third-order valence-electron chi connectivity index (χ3n) is 4.64. The van der Waals surface area contributed by atoms with E-state index in [0.29, 0.717) is 12.0 Å². The van der Waals surface area contributed by atoms with Crippen LogP contribution in [0.3, 0.4) is 0 Å². The molecule has 108 valence electrons. The smallest absolute Gasteiger partial charge is 0.111 e. The average molecular weight is 272 g/mol. The molecular weight excluding hydrogens is 248 g/mol. The first kappa shape index (κ1) is 13.6. The normalized spacial score (nSPS) is 17.9. The quantitative estimate of drug-likeness (QED) is 0.650. The monoisotopic (exact) mass is 272 g/mol. The summed E-state index contributed by atoms with van der Waals surface area (Å²) in [5, 5.41) is 0. The number of para-hydroxylation sites is 2. The van der Waals surface area contributed by atoms with E-state index in [0.717, 1.165) is 24.3 Å². The molecule has 1 saturated carbocycles. The Hall–Kier alpha value is -1.39. The van der Waals surface area contributed by atoms with Crippen molar-refractivity contribution in [3.63, 3.8) is 0 Å². The van der Waals surface area contributed by atoms with Crippen molar-refractivity contribution in [3.8, 4) is 0 Å². The Bertz CT molecular complexity index is 569. The Balaban J connectivity index is 1.88. The average Bonchev–Trinajstić information content (AvgIpc) is 3.11. The van der Waals surface area contributed by atoms with Crippen molar-refractivity contribution < 1.29 is 0 Å². The van der Waals surface area contributed by atoms with Gasteiger partial charge < -0.3 is 4.57 Å². The van der Waals surface area contributed by atoms with Gasteiger partial charge >= 0.3 is 0 Å². The predicted octanol–water partition coefficient (Wildman–Crippen LogP) is 2.62. The van der Waals surface area contributed by atoms with Crippen LogP contribution in [0.5, 0.6) is 0 Å². The first-order valence-corrected chi connectivity index (χ1v) is 7.73. The summed E-state index contributed by atoms with van der Waals surface area (Å²) in [4.78, 5) is 4.81. The molecule has 1 aliphatic rings. The summed E-state index contributed by atoms with van der Waals surface area (Å²) in [5.74, 6) is 7.65. The van der Waals surface area contributed by atoms with Gasteiger partial charge in [0.1, 0.15) is 5.82 Å². The summed E-state index contributed by atoms with van der Waals surface area (Å²) >= 11 is 0. The van der Waals surface area contributed by atoms with E-state index in [2.05, 4.69) is 41.2 Å². The van der Waals surface area contributed by atoms with E-state index in [-0.39, 0.29) is 0 Å². The number of hydrogen-bond acceptors (Lipinski definition) is 3. The number of rotatable bonds is 5. The van der Waals surface area contributed by atoms with Crippen molar-refractivity contribution in [2.75, 3.05) is 0 Å². The summed E-state index contributed by atoms with van der Waals surface area (Å²) in [5.41, 5.74) is 5.35. The highest BCUT2D eigenvalue weighted by atomic mass is 15.2. The van der Waals surface area contributed by atoms with Crippen molar-refractivity contribution >= 4 is 11.0 Å². The van der Waals surface area contributed by atoms with Crippen molar-refractivity contribution in [1.82, 2.24) is 15.0 Å². The Kier molecular flexibility index (Phi) is 4.03. The molecule has 4 nitrogen and oxygen atoms in total. The molecule has 3 N–H and O–H groups in total. The van der Waals surface area contributed by atoms with Gasteiger partial charge in [-0.1, -0.05) is 25.0 Å². The number of nitrogens with one attached hydrogen (secondary N) is 1. The summed E-state index contributed by atoms with van der Waals surface area (Å²) in [6.45, 7) is 3.13. The van der Waals surface area contributed by atoms with E-state index in [4.69, 9.17) is 10.8 Å². The second kappa shape index (κ2) is 5.94. The van der Waals surface area contributed by atoms with Gasteiger partial charge in [0.2, 0.25) is 0 Å². The van der Waals surface area contributed by atoms with Gasteiger partial charge in [0.15, 0.2) is 0 Å². The molecular formula is C16H24N4. The van der Waals surface area contributed by atoms with Crippen LogP contribution in [0, 0.1) is 5.92 Å². The van der Waals surface area contributed by atoms with Crippen molar-refractivity contribution in [2.24, 2.45) is 11.8 Å². The SMILES string of the molecule is CCn1c(CC(NN)C2CCCC2)nc2ccccc21. The van der Waals surface area contributed by atoms with Crippen LogP contribution in [0.1, 0.15) is 38.4 Å². The number of imidazole rings is 1. The van der Waals surface area contributed by atoms with Gasteiger partial charge in [-0.15, -0.1) is 0 Å². The first-order chi connectivity index (χ1) is 9.83. The van der Waals surface area contributed by atoms with Crippen molar-refractivity contribution in [3.05, 3.63) is 30.1 Å². The summed E-state index contributed by atoms with van der Waals surface area (Å²) in [7, 11) is 0. The minimum Gasteiger partial charge on any atom is -0.328 e. The van der Waals surface area contributed by atoms with E-state index in [1.165, 1.54) is 31.2 Å². The molecule has 20 heavy (non-hydrogen) atoms. The zero-order valence-electron chi connectivity index (χ0n) is 12.2. The molecule has 0 amide bonds. The van der Waals surface area contributed by atoms with Crippen molar-refractivity contribution in [2.45, 2.75) is 51.6 Å². The second-order valence-electron chi connectivity index (χ2n) is 5.78. The fourth-order valence-corrected chi connectivity index (χ4v) is 3.55. The van der Waals surface area contributed by atoms with Crippen LogP contribution in [0.4, 0.5) is 0 Å². The fourth-order valence-electron chi connectivity index (χ4n) is 3.55. The molecule has 0 aliphatic heterocycles. The second-order valence-corrected chi connectivity index (χ2v) is 5.78. The molecule has 4 heteroatoms. The number of benzene rings is 1. The topological polar surface area (TPSA) is 55.9 Å². The van der Waals surface area contributed by atoms with Crippen LogP contribution in [0.15, 0.2) is 24.3 Å². The third kappa shape index (κ3) is 2.45. The lowest BCUT2D eigenvalue weighted by Gasteiger charge is -2.22. The lowest BCUT2D eigenvalue weighted by molar-refractivity contribution is 0.353. The van der Waals surface area contributed by atoms with Gasteiger partial charge in [-0.2, -0.15) is 0 Å². The minimum atomic E-state index is 0.347. The van der Waals surface area contributed by atoms with Gasteiger partial charge in [0.05, 0.1) is 11.0 Å². The maximum absolute atomic E-state index is 5.80. The molecule has 1 fully saturated rings. The van der Waals surface area contributed by atoms with Crippen LogP contribution < -0.4 is 11.3 Å². The molecule has 1 unspecified atom stereocenters. The first-order valence-electron chi connectivity index (χ1n) is 7.73. The Labute approximate surface area is 120 Å². The number of hydrogen-bond donors (Lipinski definition) is 2. The van der Waals surface area contributed by atoms with Crippen LogP contribution in [-0.4, -0.2) is 15.6 Å². The number of aryl methyl sites for hydroxylation is 1. The summed E-state index contributed by atoms with van der Waals surface area (Å²) in [6.07, 6.45) is 6.19. The molecule has 3 rings (SSSR count). The third-order valence-corrected chi connectivity index (χ3v) is 4.64. The van der Waals surface area contributed by atoms with E-state index >= 15 is 0 Å². The predicted molar refractivity (Wildman–Crippen MR) is 82.2 cm³/mol. The Morgan fingerprint density at radius 2 is 2.10 bits per heavy atom. The maximum Gasteiger partial charge on any atom is 0.111 e. The largest absolute Gasteiger partial charge is 0.328 e. The highest BCUT2D eigenvalue weighted by Gasteiger charge is 2.26. The van der Waals surface area contributed by atoms with Gasteiger partial charge in [0, 0.05) is 19.0 Å². The zero-order chi connectivity index (χ0) is 13.9. The number of hydrazine groups is 1. The molecule has 0 bridgehead atoms. The Morgan fingerprint density at radius 1 is 1.35 bits per heavy atom. The highest BCUT2D eigenvalue weighted by Crippen LogP contribution is 2.29. The number of nitrogens with zero attached hydrogens (tertiary/aromatic N) is 2. The number of nitrogens with two attached hydrogens (primary N) is 1. The van der Waals surface area contributed by atoms with E-state index in [1.807, 2.05) is 0 Å². The molecule has 0 saturated heterocycles. The molecule has 1 aromatic heterocycles. The standard InChI is InChI=1S/C16H24N4/c1-2-20-15-10-6-5-9-13(15)18-16(20)11-14(19-17)12-7-3-4-8-12/h5-6,9-10,12,14,19H,2-4,7-8,11,17H2,1H3. The van der Waals surface area contributed by atoms with Gasteiger partial charge in [-0.3, -0.25) is 11.3 Å². The maximum atomic E-state index is 5.80. The van der Waals surface area contributed by atoms with E-state index in [1.54, 1.807) is 0 Å². The zero-order valence-corrected chi connectivity index (χ0v) is 12.2. The van der Waals surface area contributed by atoms with E-state index in [9.17, 15) is 0 Å². The number of fused-ring (bicyclic) bond motifs is 1. The molecule has 0 spiro atoms. The van der Waals surface area contributed by atoms with E-state index < -0.39 is 0 Å². The van der Waals surface area contributed by atoms with Gasteiger partial charge in [0.25, 0.3) is 0 Å². The lowest BCUT2D eigenvalue weighted by atomic mass is 9.95. The molecule has 1 atom stereocenters. The Morgan fingerprint density at radius 3 is 2.80 bits per heavy atom. The highest BCUT2D eigenvalue weighted by molar-refractivity contribution is 5.75. The van der Waals surface area contributed by atoms with Crippen molar-refractivity contribution in [1.29, 1.82) is 0 Å². The molecule has 1 aliphatic carbocycles.